The van der Waals surface area contributed by atoms with Gasteiger partial charge in [-0.3, -0.25) is 9.48 Å². The van der Waals surface area contributed by atoms with Crippen molar-refractivity contribution in [3.05, 3.63) is 41.7 Å². The van der Waals surface area contributed by atoms with Gasteiger partial charge >= 0.3 is 0 Å². The number of carbonyl (C=O) groups excluding carboxylic acids is 1. The average Bonchev–Trinajstić information content (AvgIpc) is 3.29. The zero-order valence-corrected chi connectivity index (χ0v) is 14.1. The summed E-state index contributed by atoms with van der Waals surface area (Å²) in [6, 6.07) is 7.49. The molecule has 1 amide bonds. The lowest BCUT2D eigenvalue weighted by Crippen LogP contribution is -2.46. The molecule has 0 spiro atoms. The van der Waals surface area contributed by atoms with Gasteiger partial charge in [0.05, 0.1) is 6.10 Å². The Bertz CT molecular complexity index is 788. The van der Waals surface area contributed by atoms with Crippen LogP contribution >= 0.6 is 0 Å². The fraction of sp³-hybridized carbons (Fsp3) is 0.444. The van der Waals surface area contributed by atoms with E-state index in [1.54, 1.807) is 21.8 Å². The molecule has 0 unspecified atom stereocenters. The summed E-state index contributed by atoms with van der Waals surface area (Å²) < 4.78 is 12.4. The van der Waals surface area contributed by atoms with E-state index in [2.05, 4.69) is 5.10 Å². The van der Waals surface area contributed by atoms with E-state index in [0.29, 0.717) is 31.7 Å². The number of aliphatic hydroxyl groups excluding tert-OH is 1. The Kier molecular flexibility index (Phi) is 4.09. The minimum Gasteiger partial charge on any atom is -0.454 e. The highest BCUT2D eigenvalue weighted by Gasteiger charge is 2.33. The summed E-state index contributed by atoms with van der Waals surface area (Å²) in [7, 11) is 0. The summed E-state index contributed by atoms with van der Waals surface area (Å²) in [4.78, 5) is 14.4. The molecule has 1 fully saturated rings. The Morgan fingerprint density at radius 3 is 2.96 bits per heavy atom. The van der Waals surface area contributed by atoms with E-state index in [9.17, 15) is 9.90 Å². The van der Waals surface area contributed by atoms with Crippen molar-refractivity contribution in [3.8, 4) is 11.5 Å². The predicted molar refractivity (Wildman–Crippen MR) is 89.7 cm³/mol. The summed E-state index contributed by atoms with van der Waals surface area (Å²) in [5.74, 6) is 1.35. The van der Waals surface area contributed by atoms with E-state index in [1.165, 1.54) is 0 Å². The first-order valence-electron chi connectivity index (χ1n) is 8.56. The van der Waals surface area contributed by atoms with Crippen LogP contribution in [0.15, 0.2) is 30.5 Å². The second-order valence-corrected chi connectivity index (χ2v) is 6.36. The number of hydrogen-bond acceptors (Lipinski definition) is 5. The number of rotatable bonds is 3. The van der Waals surface area contributed by atoms with Crippen LogP contribution in [0.5, 0.6) is 11.5 Å². The Hall–Kier alpha value is -2.54. The van der Waals surface area contributed by atoms with Crippen LogP contribution < -0.4 is 9.47 Å². The number of piperidine rings is 1. The molecule has 1 aromatic carbocycles. The Balaban J connectivity index is 1.48. The van der Waals surface area contributed by atoms with Crippen molar-refractivity contribution in [3.63, 3.8) is 0 Å². The number of nitrogens with zero attached hydrogens (tertiary/aromatic N) is 3. The van der Waals surface area contributed by atoms with Crippen molar-refractivity contribution in [2.75, 3.05) is 19.9 Å². The number of hydrogen-bond donors (Lipinski definition) is 1. The molecule has 132 valence electrons. The van der Waals surface area contributed by atoms with Crippen LogP contribution in [0.4, 0.5) is 0 Å². The van der Waals surface area contributed by atoms with Crippen LogP contribution in [-0.2, 0) is 6.54 Å². The highest BCUT2D eigenvalue weighted by molar-refractivity contribution is 5.92. The van der Waals surface area contributed by atoms with Crippen LogP contribution in [-0.4, -0.2) is 51.7 Å². The monoisotopic (exact) mass is 343 g/mol. The van der Waals surface area contributed by atoms with Crippen LogP contribution in [0, 0.1) is 0 Å². The van der Waals surface area contributed by atoms with E-state index >= 15 is 0 Å². The first kappa shape index (κ1) is 16.0. The summed E-state index contributed by atoms with van der Waals surface area (Å²) in [6.45, 7) is 3.74. The van der Waals surface area contributed by atoms with Crippen LogP contribution in [0.2, 0.25) is 0 Å². The molecule has 4 rings (SSSR count). The molecule has 0 aliphatic carbocycles. The maximum Gasteiger partial charge on any atom is 0.272 e. The van der Waals surface area contributed by atoms with Gasteiger partial charge in [0.1, 0.15) is 5.69 Å². The Morgan fingerprint density at radius 2 is 2.16 bits per heavy atom. The summed E-state index contributed by atoms with van der Waals surface area (Å²) >= 11 is 0. The average molecular weight is 343 g/mol. The van der Waals surface area contributed by atoms with Gasteiger partial charge in [0, 0.05) is 31.7 Å². The number of aliphatic hydroxyl groups is 1. The Morgan fingerprint density at radius 1 is 1.32 bits per heavy atom. The van der Waals surface area contributed by atoms with Crippen molar-refractivity contribution < 1.29 is 19.4 Å². The van der Waals surface area contributed by atoms with Crippen molar-refractivity contribution in [1.82, 2.24) is 14.7 Å². The van der Waals surface area contributed by atoms with Crippen LogP contribution in [0.25, 0.3) is 0 Å². The molecular weight excluding hydrogens is 322 g/mol. The number of β-amino-alcohol motifs (C(OH)–C–C–N with tert-alkyl or cyclic N) is 1. The smallest absolute Gasteiger partial charge is 0.272 e. The fourth-order valence-electron chi connectivity index (χ4n) is 3.58. The summed E-state index contributed by atoms with van der Waals surface area (Å²) in [5.41, 5.74) is 1.58. The zero-order valence-electron chi connectivity index (χ0n) is 14.1. The molecular formula is C18H21N3O4. The molecule has 2 aromatic rings. The molecule has 7 heteroatoms. The van der Waals surface area contributed by atoms with Crippen molar-refractivity contribution in [2.24, 2.45) is 0 Å². The molecule has 2 aliphatic heterocycles. The number of fused-ring (bicyclic) bond motifs is 1. The molecule has 25 heavy (non-hydrogen) atoms. The highest BCUT2D eigenvalue weighted by atomic mass is 16.7. The van der Waals surface area contributed by atoms with E-state index < -0.39 is 6.10 Å². The first-order chi connectivity index (χ1) is 12.2. The number of likely N-dealkylation sites (tertiary alicyclic amines) is 1. The van der Waals surface area contributed by atoms with Gasteiger partial charge < -0.3 is 19.5 Å². The lowest BCUT2D eigenvalue weighted by molar-refractivity contribution is 0.0373. The third-order valence-electron chi connectivity index (χ3n) is 4.93. The van der Waals surface area contributed by atoms with Crippen molar-refractivity contribution >= 4 is 5.91 Å². The van der Waals surface area contributed by atoms with E-state index in [4.69, 9.17) is 9.47 Å². The minimum absolute atomic E-state index is 0.0189. The molecule has 0 radical (unpaired) electrons. The third-order valence-corrected chi connectivity index (χ3v) is 4.93. The van der Waals surface area contributed by atoms with Gasteiger partial charge in [0.25, 0.3) is 5.91 Å². The Labute approximate surface area is 145 Å². The zero-order chi connectivity index (χ0) is 17.4. The number of amides is 1. The second-order valence-electron chi connectivity index (χ2n) is 6.36. The maximum absolute atomic E-state index is 12.7. The number of benzene rings is 1. The van der Waals surface area contributed by atoms with Gasteiger partial charge in [0.15, 0.2) is 11.5 Å². The van der Waals surface area contributed by atoms with Gasteiger partial charge in [-0.1, -0.05) is 6.07 Å². The standard InChI is InChI=1S/C18H21N3O4/c1-2-21-14(5-7-19-21)18(23)20-8-6-13(15(22)10-20)12-3-4-16-17(9-12)25-11-24-16/h3-5,7,9,13,15,22H,2,6,8,10-11H2,1H3/t13-,15+/m0/s1. The maximum atomic E-state index is 12.7. The summed E-state index contributed by atoms with van der Waals surface area (Å²) in [5, 5.41) is 14.8. The molecule has 2 aliphatic rings. The first-order valence-corrected chi connectivity index (χ1v) is 8.56. The van der Waals surface area contributed by atoms with Gasteiger partial charge in [-0.25, -0.2) is 0 Å². The quantitative estimate of drug-likeness (QED) is 0.916. The number of aromatic nitrogens is 2. The number of aryl methyl sites for hydroxylation is 1. The molecule has 1 saturated heterocycles. The van der Waals surface area contributed by atoms with E-state index in [-0.39, 0.29) is 18.6 Å². The fourth-order valence-corrected chi connectivity index (χ4v) is 3.58. The summed E-state index contributed by atoms with van der Waals surface area (Å²) in [6.07, 6.45) is 1.72. The minimum atomic E-state index is -0.615. The lowest BCUT2D eigenvalue weighted by Gasteiger charge is -2.36. The van der Waals surface area contributed by atoms with E-state index in [0.717, 1.165) is 17.1 Å². The molecule has 3 heterocycles. The lowest BCUT2D eigenvalue weighted by atomic mass is 9.87. The van der Waals surface area contributed by atoms with Crippen LogP contribution in [0.1, 0.15) is 35.3 Å². The van der Waals surface area contributed by atoms with E-state index in [1.807, 2.05) is 25.1 Å². The highest BCUT2D eigenvalue weighted by Crippen LogP contribution is 2.37. The van der Waals surface area contributed by atoms with Gasteiger partial charge in [-0.2, -0.15) is 5.10 Å². The molecule has 0 bridgehead atoms. The third kappa shape index (κ3) is 2.84. The largest absolute Gasteiger partial charge is 0.454 e. The van der Waals surface area contributed by atoms with Gasteiger partial charge in [-0.15, -0.1) is 0 Å². The normalized spacial score (nSPS) is 22.2. The number of carbonyl (C=O) groups is 1. The van der Waals surface area contributed by atoms with Gasteiger partial charge in [-0.05, 0) is 37.1 Å². The van der Waals surface area contributed by atoms with Crippen LogP contribution in [0.3, 0.4) is 0 Å². The van der Waals surface area contributed by atoms with Gasteiger partial charge in [0.2, 0.25) is 6.79 Å². The molecule has 2 atom stereocenters. The topological polar surface area (TPSA) is 76.8 Å². The van der Waals surface area contributed by atoms with Crippen molar-refractivity contribution in [2.45, 2.75) is 31.9 Å². The second kappa shape index (κ2) is 6.40. The molecule has 1 aromatic heterocycles. The molecule has 7 nitrogen and oxygen atoms in total. The SMILES string of the molecule is CCn1nccc1C(=O)N1CC[C@@H](c2ccc3c(c2)OCO3)[C@H](O)C1. The predicted octanol–water partition coefficient (Wildman–Crippen LogP) is 1.62. The molecule has 0 saturated carbocycles. The van der Waals surface area contributed by atoms with Crippen molar-refractivity contribution in [1.29, 1.82) is 0 Å². The number of ether oxygens (including phenoxy) is 2. The molecule has 1 N–H and O–H groups in total.